The summed E-state index contributed by atoms with van der Waals surface area (Å²) >= 11 is 4.89. The summed E-state index contributed by atoms with van der Waals surface area (Å²) in [6.07, 6.45) is 1.47. The molecule has 2 aromatic heterocycles. The topological polar surface area (TPSA) is 55.2 Å². The second kappa shape index (κ2) is 5.12. The van der Waals surface area contributed by atoms with Gasteiger partial charge in [-0.2, -0.15) is 9.40 Å². The van der Waals surface area contributed by atoms with Crippen molar-refractivity contribution in [2.45, 2.75) is 11.6 Å². The van der Waals surface area contributed by atoms with E-state index in [-0.39, 0.29) is 5.03 Å². The molecule has 2 heterocycles. The van der Waals surface area contributed by atoms with Crippen molar-refractivity contribution in [1.29, 1.82) is 0 Å². The number of sulfonamides is 1. The fraction of sp³-hybridized carbons (Fsp3) is 0.300. The number of aromatic nitrogens is 2. The van der Waals surface area contributed by atoms with Crippen molar-refractivity contribution >= 4 is 37.3 Å². The van der Waals surface area contributed by atoms with Gasteiger partial charge in [-0.25, -0.2) is 8.42 Å². The van der Waals surface area contributed by atoms with E-state index in [2.05, 4.69) is 21.0 Å². The molecule has 0 saturated carbocycles. The number of hydrogen-bond donors (Lipinski definition) is 0. The zero-order valence-corrected chi connectivity index (χ0v) is 13.1. The molecule has 0 aromatic carbocycles. The van der Waals surface area contributed by atoms with E-state index < -0.39 is 10.0 Å². The van der Waals surface area contributed by atoms with E-state index in [4.69, 9.17) is 0 Å². The minimum absolute atomic E-state index is 0.194. The lowest BCUT2D eigenvalue weighted by atomic mass is 10.3. The Morgan fingerprint density at radius 1 is 1.56 bits per heavy atom. The first-order valence-corrected chi connectivity index (χ1v) is 8.20. The zero-order valence-electron chi connectivity index (χ0n) is 9.87. The van der Waals surface area contributed by atoms with E-state index in [1.165, 1.54) is 32.6 Å². The SMILES string of the molecule is CN(Cc1csc(Br)c1)S(=O)(=O)c1ccnn1C. The van der Waals surface area contributed by atoms with Gasteiger partial charge in [-0.1, -0.05) is 0 Å². The zero-order chi connectivity index (χ0) is 13.3. The molecule has 5 nitrogen and oxygen atoms in total. The normalized spacial score (nSPS) is 12.2. The molecule has 2 rings (SSSR count). The van der Waals surface area contributed by atoms with Crippen LogP contribution in [0, 0.1) is 0 Å². The minimum atomic E-state index is -3.49. The van der Waals surface area contributed by atoms with E-state index in [1.807, 2.05) is 11.4 Å². The number of nitrogens with zero attached hydrogens (tertiary/aromatic N) is 3. The van der Waals surface area contributed by atoms with Crippen LogP contribution in [0.25, 0.3) is 0 Å². The molecule has 0 unspecified atom stereocenters. The highest BCUT2D eigenvalue weighted by Crippen LogP contribution is 2.23. The summed E-state index contributed by atoms with van der Waals surface area (Å²) in [6, 6.07) is 3.41. The van der Waals surface area contributed by atoms with Crippen LogP contribution in [0.2, 0.25) is 0 Å². The molecule has 0 atom stereocenters. The molecule has 18 heavy (non-hydrogen) atoms. The molecule has 0 aliphatic rings. The largest absolute Gasteiger partial charge is 0.260 e. The Kier molecular flexibility index (Phi) is 3.90. The summed E-state index contributed by atoms with van der Waals surface area (Å²) in [5, 5.41) is 6.01. The predicted molar refractivity (Wildman–Crippen MR) is 73.9 cm³/mol. The molecular formula is C10H12BrN3O2S2. The van der Waals surface area contributed by atoms with Gasteiger partial charge in [-0.15, -0.1) is 11.3 Å². The molecule has 0 N–H and O–H groups in total. The van der Waals surface area contributed by atoms with Crippen molar-refractivity contribution < 1.29 is 8.42 Å². The quantitative estimate of drug-likeness (QED) is 0.848. The maximum Gasteiger partial charge on any atom is 0.260 e. The minimum Gasteiger partial charge on any atom is -0.256 e. The summed E-state index contributed by atoms with van der Waals surface area (Å²) in [5.74, 6) is 0. The van der Waals surface area contributed by atoms with Crippen molar-refractivity contribution in [3.8, 4) is 0 Å². The van der Waals surface area contributed by atoms with E-state index >= 15 is 0 Å². The van der Waals surface area contributed by atoms with Crippen LogP contribution in [0.1, 0.15) is 5.56 Å². The number of hydrogen-bond acceptors (Lipinski definition) is 4. The number of halogens is 1. The maximum absolute atomic E-state index is 12.3. The molecule has 0 fully saturated rings. The average Bonchev–Trinajstić information content (AvgIpc) is 2.87. The van der Waals surface area contributed by atoms with E-state index in [1.54, 1.807) is 14.1 Å². The third-order valence-electron chi connectivity index (χ3n) is 2.48. The average molecular weight is 350 g/mol. The van der Waals surface area contributed by atoms with E-state index in [9.17, 15) is 8.42 Å². The van der Waals surface area contributed by atoms with Crippen LogP contribution in [-0.2, 0) is 23.6 Å². The Labute approximate surface area is 118 Å². The summed E-state index contributed by atoms with van der Waals surface area (Å²) in [5.41, 5.74) is 0.958. The van der Waals surface area contributed by atoms with Crippen LogP contribution < -0.4 is 0 Å². The monoisotopic (exact) mass is 349 g/mol. The van der Waals surface area contributed by atoms with Crippen molar-refractivity contribution in [1.82, 2.24) is 14.1 Å². The van der Waals surface area contributed by atoms with Crippen LogP contribution in [0.5, 0.6) is 0 Å². The van der Waals surface area contributed by atoms with Gasteiger partial charge in [0.15, 0.2) is 5.03 Å². The summed E-state index contributed by atoms with van der Waals surface area (Å²) in [4.78, 5) is 0. The first-order valence-electron chi connectivity index (χ1n) is 5.08. The predicted octanol–water partition coefficient (Wildman–Crippen LogP) is 2.06. The molecule has 0 bridgehead atoms. The fourth-order valence-corrected chi connectivity index (χ4v) is 4.00. The fourth-order valence-electron chi connectivity index (χ4n) is 1.55. The maximum atomic E-state index is 12.3. The van der Waals surface area contributed by atoms with Crippen molar-refractivity contribution in [2.75, 3.05) is 7.05 Å². The highest BCUT2D eigenvalue weighted by atomic mass is 79.9. The molecule has 2 aromatic rings. The Hall–Kier alpha value is -0.700. The number of aryl methyl sites for hydroxylation is 1. The van der Waals surface area contributed by atoms with Gasteiger partial charge in [0.05, 0.1) is 9.98 Å². The number of thiophene rings is 1. The van der Waals surface area contributed by atoms with E-state index in [0.29, 0.717) is 6.54 Å². The Morgan fingerprint density at radius 3 is 2.78 bits per heavy atom. The lowest BCUT2D eigenvalue weighted by Gasteiger charge is -2.16. The molecule has 0 spiro atoms. The third-order valence-corrected chi connectivity index (χ3v) is 5.91. The highest BCUT2D eigenvalue weighted by molar-refractivity contribution is 9.11. The molecule has 0 radical (unpaired) electrons. The van der Waals surface area contributed by atoms with Gasteiger partial charge in [0.2, 0.25) is 0 Å². The van der Waals surface area contributed by atoms with Crippen LogP contribution in [0.4, 0.5) is 0 Å². The van der Waals surface area contributed by atoms with Gasteiger partial charge in [0, 0.05) is 20.6 Å². The second-order valence-corrected chi connectivity index (χ2v) is 8.10. The van der Waals surface area contributed by atoms with Crippen molar-refractivity contribution in [2.24, 2.45) is 7.05 Å². The Balaban J connectivity index is 2.23. The van der Waals surface area contributed by atoms with Gasteiger partial charge < -0.3 is 0 Å². The van der Waals surface area contributed by atoms with Crippen LogP contribution in [0.3, 0.4) is 0 Å². The van der Waals surface area contributed by atoms with E-state index in [0.717, 1.165) is 9.35 Å². The second-order valence-electron chi connectivity index (χ2n) is 3.81. The molecule has 0 amide bonds. The summed E-state index contributed by atoms with van der Waals surface area (Å²) in [6.45, 7) is 0.343. The van der Waals surface area contributed by atoms with Gasteiger partial charge in [0.25, 0.3) is 10.0 Å². The van der Waals surface area contributed by atoms with Gasteiger partial charge in [0.1, 0.15) is 0 Å². The molecule has 8 heteroatoms. The summed E-state index contributed by atoms with van der Waals surface area (Å²) < 4.78 is 28.2. The van der Waals surface area contributed by atoms with Gasteiger partial charge in [-0.3, -0.25) is 4.68 Å². The van der Waals surface area contributed by atoms with Crippen molar-refractivity contribution in [3.63, 3.8) is 0 Å². The third kappa shape index (κ3) is 2.66. The summed E-state index contributed by atoms with van der Waals surface area (Å²) in [7, 11) is -0.316. The highest BCUT2D eigenvalue weighted by Gasteiger charge is 2.24. The molecule has 0 saturated heterocycles. The van der Waals surface area contributed by atoms with Gasteiger partial charge >= 0.3 is 0 Å². The first kappa shape index (κ1) is 13.7. The van der Waals surface area contributed by atoms with Crippen LogP contribution in [0.15, 0.2) is 32.5 Å². The first-order chi connectivity index (χ1) is 8.41. The van der Waals surface area contributed by atoms with Crippen LogP contribution in [-0.4, -0.2) is 29.6 Å². The lowest BCUT2D eigenvalue weighted by molar-refractivity contribution is 0.458. The Bertz CT molecular complexity index is 648. The van der Waals surface area contributed by atoms with Crippen molar-refractivity contribution in [3.05, 3.63) is 33.1 Å². The molecule has 98 valence electrons. The standard InChI is InChI=1S/C10H12BrN3O2S2/c1-13(6-8-5-9(11)17-7-8)18(15,16)10-3-4-12-14(10)2/h3-5,7H,6H2,1-2H3. The van der Waals surface area contributed by atoms with Crippen LogP contribution >= 0.6 is 27.3 Å². The smallest absolute Gasteiger partial charge is 0.256 e. The molecular weight excluding hydrogens is 338 g/mol. The number of rotatable bonds is 4. The Morgan fingerprint density at radius 2 is 2.28 bits per heavy atom. The lowest BCUT2D eigenvalue weighted by Crippen LogP contribution is -2.28. The molecule has 0 aliphatic carbocycles. The van der Waals surface area contributed by atoms with Gasteiger partial charge in [-0.05, 0) is 39.0 Å². The molecule has 0 aliphatic heterocycles.